The Hall–Kier alpha value is -4.73. The molecule has 0 spiro atoms. The molecule has 4 aromatic carbocycles. The van der Waals surface area contributed by atoms with Gasteiger partial charge in [0.2, 0.25) is 9.84 Å². The number of rotatable bonds is 6. The van der Waals surface area contributed by atoms with Crippen molar-refractivity contribution < 1.29 is 8.42 Å². The number of hydrogen-bond donors (Lipinski definition) is 0. The average Bonchev–Trinajstić information content (AvgIpc) is 3.39. The van der Waals surface area contributed by atoms with E-state index >= 15 is 0 Å². The summed E-state index contributed by atoms with van der Waals surface area (Å²) in [7, 11) is -3.90. The Morgan fingerprint density at radius 1 is 0.750 bits per heavy atom. The predicted molar refractivity (Wildman–Crippen MR) is 142 cm³/mol. The molecular formula is C30H21N3O2S. The Bertz CT molecular complexity index is 1670. The molecule has 0 saturated carbocycles. The van der Waals surface area contributed by atoms with Crippen LogP contribution in [0.2, 0.25) is 0 Å². The van der Waals surface area contributed by atoms with Crippen molar-refractivity contribution >= 4 is 15.9 Å². The van der Waals surface area contributed by atoms with Gasteiger partial charge in [0.05, 0.1) is 22.0 Å². The van der Waals surface area contributed by atoms with Gasteiger partial charge in [-0.15, -0.1) is 0 Å². The fourth-order valence-corrected chi connectivity index (χ4v) is 5.08. The van der Waals surface area contributed by atoms with Gasteiger partial charge in [0.25, 0.3) is 0 Å². The molecule has 0 aliphatic carbocycles. The van der Waals surface area contributed by atoms with Crippen LogP contribution in [-0.4, -0.2) is 18.2 Å². The van der Waals surface area contributed by atoms with E-state index in [-0.39, 0.29) is 9.80 Å². The Morgan fingerprint density at radius 2 is 1.31 bits per heavy atom. The minimum absolute atomic E-state index is 0.0897. The van der Waals surface area contributed by atoms with Crippen LogP contribution in [0, 0.1) is 11.3 Å². The van der Waals surface area contributed by atoms with E-state index < -0.39 is 9.84 Å². The van der Waals surface area contributed by atoms with Crippen molar-refractivity contribution in [3.05, 3.63) is 132 Å². The molecule has 5 aromatic rings. The van der Waals surface area contributed by atoms with Gasteiger partial charge < -0.3 is 0 Å². The summed E-state index contributed by atoms with van der Waals surface area (Å²) in [4.78, 5) is -0.219. The topological polar surface area (TPSA) is 75.8 Å². The molecule has 5 rings (SSSR count). The molecule has 5 nitrogen and oxygen atoms in total. The second-order valence-electron chi connectivity index (χ2n) is 8.09. The highest BCUT2D eigenvalue weighted by atomic mass is 32.2. The first-order chi connectivity index (χ1) is 17.6. The first-order valence-electron chi connectivity index (χ1n) is 11.3. The van der Waals surface area contributed by atoms with Crippen molar-refractivity contribution in [3.8, 4) is 34.3 Å². The first-order valence-corrected chi connectivity index (χ1v) is 12.8. The standard InChI is InChI=1S/C30H21N3O2S/c31-22-28(36(34,35)27-14-8-3-9-15-27)20-23-16-18-26(19-17-23)33-30(25-12-6-2-7-13-25)21-29(32-33)24-10-4-1-5-11-24/h1-21H/b28-20+. The van der Waals surface area contributed by atoms with Gasteiger partial charge in [-0.25, -0.2) is 13.1 Å². The molecular weight excluding hydrogens is 466 g/mol. The van der Waals surface area contributed by atoms with Gasteiger partial charge in [0.1, 0.15) is 11.0 Å². The van der Waals surface area contributed by atoms with Crippen molar-refractivity contribution in [2.24, 2.45) is 0 Å². The van der Waals surface area contributed by atoms with Crippen molar-refractivity contribution in [3.63, 3.8) is 0 Å². The SMILES string of the molecule is N#C/C(=C\c1ccc(-n2nc(-c3ccccc3)cc2-c2ccccc2)cc1)S(=O)(=O)c1ccccc1. The molecule has 0 aliphatic heterocycles. The third-order valence-corrected chi connectivity index (χ3v) is 7.42. The third kappa shape index (κ3) is 4.61. The second-order valence-corrected chi connectivity index (χ2v) is 10.0. The zero-order chi connectivity index (χ0) is 25.0. The minimum Gasteiger partial charge on any atom is -0.232 e. The summed E-state index contributed by atoms with van der Waals surface area (Å²) >= 11 is 0. The Balaban J connectivity index is 1.54. The molecule has 0 atom stereocenters. The third-order valence-electron chi connectivity index (χ3n) is 5.74. The van der Waals surface area contributed by atoms with E-state index in [0.29, 0.717) is 5.56 Å². The van der Waals surface area contributed by atoms with E-state index in [1.807, 2.05) is 83.5 Å². The predicted octanol–water partition coefficient (Wildman–Crippen LogP) is 6.54. The molecule has 36 heavy (non-hydrogen) atoms. The van der Waals surface area contributed by atoms with E-state index in [1.54, 1.807) is 30.3 Å². The summed E-state index contributed by atoms with van der Waals surface area (Å²) in [6.07, 6.45) is 1.39. The number of sulfone groups is 1. The van der Waals surface area contributed by atoms with Crippen LogP contribution in [-0.2, 0) is 9.84 Å². The smallest absolute Gasteiger partial charge is 0.216 e. The molecule has 174 valence electrons. The molecule has 0 fully saturated rings. The van der Waals surface area contributed by atoms with Crippen molar-refractivity contribution in [2.45, 2.75) is 4.90 Å². The highest BCUT2D eigenvalue weighted by Crippen LogP contribution is 2.29. The zero-order valence-electron chi connectivity index (χ0n) is 19.2. The summed E-state index contributed by atoms with van der Waals surface area (Å²) < 4.78 is 27.7. The van der Waals surface area contributed by atoms with Gasteiger partial charge in [0, 0.05) is 11.1 Å². The van der Waals surface area contributed by atoms with Crippen LogP contribution in [0.3, 0.4) is 0 Å². The number of allylic oxidation sites excluding steroid dienone is 1. The van der Waals surface area contributed by atoms with Crippen LogP contribution in [0.5, 0.6) is 0 Å². The van der Waals surface area contributed by atoms with Gasteiger partial charge >= 0.3 is 0 Å². The fraction of sp³-hybridized carbons (Fsp3) is 0. The molecule has 1 heterocycles. The quantitative estimate of drug-likeness (QED) is 0.255. The first kappa shape index (κ1) is 23.0. The van der Waals surface area contributed by atoms with E-state index in [9.17, 15) is 13.7 Å². The second kappa shape index (κ2) is 9.87. The maximum atomic E-state index is 12.9. The lowest BCUT2D eigenvalue weighted by Crippen LogP contribution is -2.03. The van der Waals surface area contributed by atoms with Gasteiger partial charge in [-0.1, -0.05) is 91.0 Å². The maximum absolute atomic E-state index is 12.9. The summed E-state index contributed by atoms with van der Waals surface area (Å²) in [5, 5.41) is 14.4. The summed E-state index contributed by atoms with van der Waals surface area (Å²) in [5.41, 5.74) is 5.24. The van der Waals surface area contributed by atoms with Gasteiger partial charge in [-0.2, -0.15) is 10.4 Å². The van der Waals surface area contributed by atoms with Crippen LogP contribution in [0.1, 0.15) is 5.56 Å². The van der Waals surface area contributed by atoms with Gasteiger partial charge in [-0.3, -0.25) is 0 Å². The molecule has 0 saturated heterocycles. The van der Waals surface area contributed by atoms with E-state index in [0.717, 1.165) is 28.2 Å². The van der Waals surface area contributed by atoms with E-state index in [1.165, 1.54) is 18.2 Å². The number of hydrogen-bond acceptors (Lipinski definition) is 4. The molecule has 1 aromatic heterocycles. The molecule has 0 bridgehead atoms. The lowest BCUT2D eigenvalue weighted by Gasteiger charge is -2.08. The fourth-order valence-electron chi connectivity index (χ4n) is 3.90. The van der Waals surface area contributed by atoms with Gasteiger partial charge in [-0.05, 0) is 42.0 Å². The lowest BCUT2D eigenvalue weighted by molar-refractivity contribution is 0.603. The lowest BCUT2D eigenvalue weighted by atomic mass is 10.1. The zero-order valence-corrected chi connectivity index (χ0v) is 20.0. The monoisotopic (exact) mass is 487 g/mol. The van der Waals surface area contributed by atoms with Gasteiger partial charge in [0.15, 0.2) is 0 Å². The van der Waals surface area contributed by atoms with Crippen molar-refractivity contribution in [1.82, 2.24) is 9.78 Å². The normalized spacial score (nSPS) is 11.7. The van der Waals surface area contributed by atoms with Crippen LogP contribution >= 0.6 is 0 Å². The highest BCUT2D eigenvalue weighted by Gasteiger charge is 2.20. The summed E-state index contributed by atoms with van der Waals surface area (Å²) in [6, 6.07) is 39.1. The molecule has 0 unspecified atom stereocenters. The molecule has 0 amide bonds. The largest absolute Gasteiger partial charge is 0.232 e. The summed E-state index contributed by atoms with van der Waals surface area (Å²) in [5.74, 6) is 0. The van der Waals surface area contributed by atoms with E-state index in [2.05, 4.69) is 6.07 Å². The summed E-state index contributed by atoms with van der Waals surface area (Å²) in [6.45, 7) is 0. The van der Waals surface area contributed by atoms with E-state index in [4.69, 9.17) is 5.10 Å². The number of benzene rings is 4. The Morgan fingerprint density at radius 3 is 1.89 bits per heavy atom. The maximum Gasteiger partial charge on any atom is 0.216 e. The number of aromatic nitrogens is 2. The van der Waals surface area contributed by atoms with Crippen LogP contribution in [0.4, 0.5) is 0 Å². The molecule has 0 radical (unpaired) electrons. The number of nitriles is 1. The number of nitrogens with zero attached hydrogens (tertiary/aromatic N) is 3. The van der Waals surface area contributed by atoms with Crippen LogP contribution in [0.25, 0.3) is 34.3 Å². The highest BCUT2D eigenvalue weighted by molar-refractivity contribution is 7.95. The van der Waals surface area contributed by atoms with Crippen LogP contribution in [0.15, 0.2) is 131 Å². The molecule has 0 aliphatic rings. The molecule has 6 heteroatoms. The van der Waals surface area contributed by atoms with Crippen molar-refractivity contribution in [1.29, 1.82) is 5.26 Å². The molecule has 0 N–H and O–H groups in total. The Labute approximate surface area is 210 Å². The van der Waals surface area contributed by atoms with Crippen LogP contribution < -0.4 is 0 Å². The van der Waals surface area contributed by atoms with Crippen molar-refractivity contribution in [2.75, 3.05) is 0 Å². The minimum atomic E-state index is -3.90. The average molecular weight is 488 g/mol. The Kier molecular flexibility index (Phi) is 6.31.